The van der Waals surface area contributed by atoms with E-state index >= 15 is 0 Å². The van der Waals surface area contributed by atoms with Crippen molar-refractivity contribution in [3.8, 4) is 0 Å². The van der Waals surface area contributed by atoms with Crippen molar-refractivity contribution in [2.75, 3.05) is 0 Å². The van der Waals surface area contributed by atoms with E-state index in [1.807, 2.05) is 20.8 Å². The van der Waals surface area contributed by atoms with Gasteiger partial charge in [-0.15, -0.1) is 0 Å². The van der Waals surface area contributed by atoms with Gasteiger partial charge in [0.05, 0.1) is 10.6 Å². The van der Waals surface area contributed by atoms with Crippen molar-refractivity contribution < 1.29 is 4.39 Å². The van der Waals surface area contributed by atoms with E-state index in [0.717, 1.165) is 0 Å². The van der Waals surface area contributed by atoms with Crippen molar-refractivity contribution in [1.82, 2.24) is 4.37 Å². The Balaban J connectivity index is 3.15. The quantitative estimate of drug-likeness (QED) is 0.588. The SMILES string of the molecule is Cc1snc(C(C)(C)C)c1F. The van der Waals surface area contributed by atoms with Crippen LogP contribution in [-0.4, -0.2) is 4.37 Å². The van der Waals surface area contributed by atoms with Gasteiger partial charge in [-0.05, 0) is 18.5 Å². The van der Waals surface area contributed by atoms with Gasteiger partial charge in [-0.1, -0.05) is 20.8 Å². The minimum Gasteiger partial charge on any atom is -0.204 e. The molecule has 1 nitrogen and oxygen atoms in total. The van der Waals surface area contributed by atoms with E-state index in [0.29, 0.717) is 10.6 Å². The highest BCUT2D eigenvalue weighted by atomic mass is 32.1. The lowest BCUT2D eigenvalue weighted by atomic mass is 9.92. The molecule has 0 saturated heterocycles. The zero-order valence-corrected chi connectivity index (χ0v) is 8.05. The minimum atomic E-state index is -0.172. The number of aromatic nitrogens is 1. The average molecular weight is 173 g/mol. The number of rotatable bonds is 0. The molecule has 0 radical (unpaired) electrons. The molecule has 0 atom stereocenters. The van der Waals surface area contributed by atoms with Gasteiger partial charge in [0.1, 0.15) is 0 Å². The van der Waals surface area contributed by atoms with Crippen LogP contribution in [0.15, 0.2) is 0 Å². The summed E-state index contributed by atoms with van der Waals surface area (Å²) in [5, 5.41) is 0. The molecule has 0 saturated carbocycles. The van der Waals surface area contributed by atoms with Crippen LogP contribution in [0.5, 0.6) is 0 Å². The molecular weight excluding hydrogens is 161 g/mol. The Morgan fingerprint density at radius 2 is 1.91 bits per heavy atom. The summed E-state index contributed by atoms with van der Waals surface area (Å²) in [7, 11) is 0. The molecule has 0 amide bonds. The van der Waals surface area contributed by atoms with Crippen LogP contribution in [-0.2, 0) is 5.41 Å². The molecule has 1 rings (SSSR count). The number of halogens is 1. The predicted octanol–water partition coefficient (Wildman–Crippen LogP) is 2.89. The summed E-state index contributed by atoms with van der Waals surface area (Å²) in [6.07, 6.45) is 0. The fourth-order valence-corrected chi connectivity index (χ4v) is 1.59. The van der Waals surface area contributed by atoms with Crippen molar-refractivity contribution in [2.24, 2.45) is 0 Å². The largest absolute Gasteiger partial charge is 0.204 e. The first-order valence-corrected chi connectivity index (χ1v) is 4.32. The lowest BCUT2D eigenvalue weighted by molar-refractivity contribution is 0.511. The van der Waals surface area contributed by atoms with Crippen molar-refractivity contribution in [3.63, 3.8) is 0 Å². The molecule has 11 heavy (non-hydrogen) atoms. The predicted molar refractivity (Wildman–Crippen MR) is 45.5 cm³/mol. The van der Waals surface area contributed by atoms with Gasteiger partial charge >= 0.3 is 0 Å². The summed E-state index contributed by atoms with van der Waals surface area (Å²) >= 11 is 1.23. The van der Waals surface area contributed by atoms with E-state index < -0.39 is 0 Å². The number of hydrogen-bond acceptors (Lipinski definition) is 2. The molecule has 1 heterocycles. The van der Waals surface area contributed by atoms with Crippen LogP contribution in [0, 0.1) is 12.7 Å². The van der Waals surface area contributed by atoms with E-state index in [1.165, 1.54) is 11.5 Å². The van der Waals surface area contributed by atoms with Gasteiger partial charge < -0.3 is 0 Å². The van der Waals surface area contributed by atoms with E-state index in [2.05, 4.69) is 4.37 Å². The van der Waals surface area contributed by atoms with Crippen LogP contribution in [0.1, 0.15) is 31.3 Å². The van der Waals surface area contributed by atoms with E-state index in [1.54, 1.807) is 6.92 Å². The van der Waals surface area contributed by atoms with Crippen LogP contribution in [0.3, 0.4) is 0 Å². The van der Waals surface area contributed by atoms with Crippen molar-refractivity contribution >= 4 is 11.5 Å². The number of nitrogens with zero attached hydrogens (tertiary/aromatic N) is 1. The Bertz CT molecular complexity index is 260. The summed E-state index contributed by atoms with van der Waals surface area (Å²) in [6, 6.07) is 0. The van der Waals surface area contributed by atoms with Gasteiger partial charge in [-0.25, -0.2) is 4.39 Å². The first-order chi connectivity index (χ1) is 4.93. The molecule has 3 heteroatoms. The van der Waals surface area contributed by atoms with Crippen molar-refractivity contribution in [2.45, 2.75) is 33.1 Å². The highest BCUT2D eigenvalue weighted by Crippen LogP contribution is 2.27. The summed E-state index contributed by atoms with van der Waals surface area (Å²) in [4.78, 5) is 0.676. The standard InChI is InChI=1S/C8H12FNS/c1-5-6(9)7(10-11-5)8(2,3)4/h1-4H3. The van der Waals surface area contributed by atoms with Crippen LogP contribution in [0.4, 0.5) is 4.39 Å². The van der Waals surface area contributed by atoms with Crippen molar-refractivity contribution in [3.05, 3.63) is 16.4 Å². The number of aryl methyl sites for hydroxylation is 1. The zero-order chi connectivity index (χ0) is 8.65. The molecular formula is C8H12FNS. The molecule has 1 aromatic heterocycles. The van der Waals surface area contributed by atoms with Gasteiger partial charge in [0.15, 0.2) is 5.82 Å². The third kappa shape index (κ3) is 1.59. The maximum absolute atomic E-state index is 13.2. The maximum Gasteiger partial charge on any atom is 0.160 e. The fourth-order valence-electron chi connectivity index (χ4n) is 0.827. The second-order valence-corrected chi connectivity index (χ2v) is 4.63. The van der Waals surface area contributed by atoms with E-state index in [-0.39, 0.29) is 11.2 Å². The van der Waals surface area contributed by atoms with Crippen LogP contribution < -0.4 is 0 Å². The second-order valence-electron chi connectivity index (χ2n) is 3.65. The van der Waals surface area contributed by atoms with Crippen molar-refractivity contribution in [1.29, 1.82) is 0 Å². The molecule has 0 fully saturated rings. The third-order valence-corrected chi connectivity index (χ3v) is 2.23. The Morgan fingerprint density at radius 3 is 2.09 bits per heavy atom. The smallest absolute Gasteiger partial charge is 0.160 e. The highest BCUT2D eigenvalue weighted by molar-refractivity contribution is 7.05. The molecule has 0 aliphatic rings. The topological polar surface area (TPSA) is 12.9 Å². The number of hydrogen-bond donors (Lipinski definition) is 0. The van der Waals surface area contributed by atoms with E-state index in [9.17, 15) is 4.39 Å². The van der Waals surface area contributed by atoms with Gasteiger partial charge in [-0.3, -0.25) is 0 Å². The molecule has 0 aliphatic heterocycles. The maximum atomic E-state index is 13.2. The van der Waals surface area contributed by atoms with Crippen LogP contribution in [0.25, 0.3) is 0 Å². The molecule has 0 aliphatic carbocycles. The normalized spacial score (nSPS) is 12.1. The Morgan fingerprint density at radius 1 is 1.36 bits per heavy atom. The van der Waals surface area contributed by atoms with Crippen LogP contribution in [0.2, 0.25) is 0 Å². The summed E-state index contributed by atoms with van der Waals surface area (Å²) in [5.41, 5.74) is 0.412. The lowest BCUT2D eigenvalue weighted by Crippen LogP contribution is -2.13. The minimum absolute atomic E-state index is 0.137. The zero-order valence-electron chi connectivity index (χ0n) is 7.23. The monoisotopic (exact) mass is 173 g/mol. The average Bonchev–Trinajstić information content (AvgIpc) is 2.11. The summed E-state index contributed by atoms with van der Waals surface area (Å²) in [5.74, 6) is -0.137. The first-order valence-electron chi connectivity index (χ1n) is 3.55. The Labute approximate surface area is 70.4 Å². The highest BCUT2D eigenvalue weighted by Gasteiger charge is 2.22. The van der Waals surface area contributed by atoms with Crippen LogP contribution >= 0.6 is 11.5 Å². The molecule has 0 aromatic carbocycles. The van der Waals surface area contributed by atoms with Gasteiger partial charge in [0.2, 0.25) is 0 Å². The summed E-state index contributed by atoms with van der Waals surface area (Å²) in [6.45, 7) is 7.64. The lowest BCUT2D eigenvalue weighted by Gasteiger charge is -2.14. The Hall–Kier alpha value is -0.440. The molecule has 62 valence electrons. The fraction of sp³-hybridized carbons (Fsp3) is 0.625. The second kappa shape index (κ2) is 2.55. The van der Waals surface area contributed by atoms with Gasteiger partial charge in [0, 0.05) is 5.41 Å². The van der Waals surface area contributed by atoms with E-state index in [4.69, 9.17) is 0 Å². The Kier molecular flexibility index (Phi) is 2.01. The van der Waals surface area contributed by atoms with Gasteiger partial charge in [0.25, 0.3) is 0 Å². The molecule has 1 aromatic rings. The summed E-state index contributed by atoms with van der Waals surface area (Å²) < 4.78 is 17.3. The molecule has 0 bridgehead atoms. The van der Waals surface area contributed by atoms with Gasteiger partial charge in [-0.2, -0.15) is 4.37 Å². The molecule has 0 unspecified atom stereocenters. The first kappa shape index (κ1) is 8.65. The molecule has 0 spiro atoms. The molecule has 0 N–H and O–H groups in total. The third-order valence-electron chi connectivity index (χ3n) is 1.50.